The minimum atomic E-state index is -0.264. The van der Waals surface area contributed by atoms with Crippen molar-refractivity contribution in [2.75, 3.05) is 23.4 Å². The van der Waals surface area contributed by atoms with Gasteiger partial charge in [-0.1, -0.05) is 60.4 Å². The van der Waals surface area contributed by atoms with E-state index in [-0.39, 0.29) is 18.4 Å². The van der Waals surface area contributed by atoms with Crippen LogP contribution in [0.3, 0.4) is 0 Å². The molecule has 6 nitrogen and oxygen atoms in total. The van der Waals surface area contributed by atoms with Crippen LogP contribution in [-0.4, -0.2) is 29.3 Å². The summed E-state index contributed by atoms with van der Waals surface area (Å²) in [4.78, 5) is 27.6. The first-order valence-electron chi connectivity index (χ1n) is 11.5. The minimum absolute atomic E-state index is 0.164. The van der Waals surface area contributed by atoms with Crippen molar-refractivity contribution < 1.29 is 19.1 Å². The highest BCUT2D eigenvalue weighted by molar-refractivity contribution is 8.27. The van der Waals surface area contributed by atoms with Gasteiger partial charge < -0.3 is 14.8 Å². The van der Waals surface area contributed by atoms with E-state index in [2.05, 4.69) is 5.32 Å². The smallest absolute Gasteiger partial charge is 0.270 e. The molecule has 1 aliphatic heterocycles. The third-order valence-electron chi connectivity index (χ3n) is 5.40. The van der Waals surface area contributed by atoms with E-state index in [1.807, 2.05) is 75.4 Å². The van der Waals surface area contributed by atoms with Gasteiger partial charge in [-0.15, -0.1) is 0 Å². The number of hydrogen-bond acceptors (Lipinski definition) is 6. The van der Waals surface area contributed by atoms with Crippen molar-refractivity contribution in [2.45, 2.75) is 20.8 Å². The number of thiocarbonyl (C=S) groups is 1. The number of carbonyl (C=O) groups excluding carboxylic acids is 2. The molecule has 0 aromatic heterocycles. The lowest BCUT2D eigenvalue weighted by atomic mass is 10.1. The predicted octanol–water partition coefficient (Wildman–Crippen LogP) is 6.13. The van der Waals surface area contributed by atoms with Gasteiger partial charge in [0, 0.05) is 5.69 Å². The molecule has 3 aromatic rings. The van der Waals surface area contributed by atoms with E-state index in [0.717, 1.165) is 28.1 Å². The second-order valence-corrected chi connectivity index (χ2v) is 9.82. The maximum atomic E-state index is 13.0. The Balaban J connectivity index is 1.47. The highest BCUT2D eigenvalue weighted by Gasteiger charge is 2.33. The van der Waals surface area contributed by atoms with Crippen LogP contribution in [0.1, 0.15) is 23.6 Å². The molecule has 1 aliphatic rings. The summed E-state index contributed by atoms with van der Waals surface area (Å²) in [7, 11) is 0. The average molecular weight is 519 g/mol. The molecule has 1 saturated heterocycles. The second kappa shape index (κ2) is 11.4. The van der Waals surface area contributed by atoms with Crippen LogP contribution >= 0.6 is 24.0 Å². The highest BCUT2D eigenvalue weighted by Crippen LogP contribution is 2.37. The molecule has 3 aromatic carbocycles. The second-order valence-electron chi connectivity index (χ2n) is 8.15. The topological polar surface area (TPSA) is 67.9 Å². The fourth-order valence-electron chi connectivity index (χ4n) is 3.62. The SMILES string of the molecule is CCOc1cc(/C=C2\SC(=S)N(c3ccccc3)C2=O)ccc1OCC(=O)Nc1cc(C)ccc1C. The van der Waals surface area contributed by atoms with Crippen LogP contribution in [-0.2, 0) is 9.59 Å². The van der Waals surface area contributed by atoms with Crippen LogP contribution in [0.25, 0.3) is 6.08 Å². The van der Waals surface area contributed by atoms with Gasteiger partial charge in [0.25, 0.3) is 11.8 Å². The van der Waals surface area contributed by atoms with Gasteiger partial charge in [-0.2, -0.15) is 0 Å². The van der Waals surface area contributed by atoms with Gasteiger partial charge in [0.1, 0.15) is 0 Å². The van der Waals surface area contributed by atoms with Gasteiger partial charge in [-0.3, -0.25) is 14.5 Å². The number of aryl methyl sites for hydroxylation is 2. The standard InChI is InChI=1S/C28H26N2O4S2/c1-4-33-24-15-20(16-25-27(32)30(28(35)36-25)21-8-6-5-7-9-21)12-13-23(24)34-17-26(31)29-22-14-18(2)10-11-19(22)3/h5-16H,4,17H2,1-3H3,(H,29,31)/b25-16-. The van der Waals surface area contributed by atoms with Crippen molar-refractivity contribution in [2.24, 2.45) is 0 Å². The zero-order chi connectivity index (χ0) is 25.7. The van der Waals surface area contributed by atoms with Crippen molar-refractivity contribution in [3.8, 4) is 11.5 Å². The summed E-state index contributed by atoms with van der Waals surface area (Å²) in [5.41, 5.74) is 4.30. The predicted molar refractivity (Wildman–Crippen MR) is 150 cm³/mol. The Morgan fingerprint density at radius 3 is 2.56 bits per heavy atom. The molecule has 8 heteroatoms. The normalized spacial score (nSPS) is 14.3. The Hall–Kier alpha value is -3.62. The molecular formula is C28H26N2O4S2. The lowest BCUT2D eigenvalue weighted by Crippen LogP contribution is -2.27. The summed E-state index contributed by atoms with van der Waals surface area (Å²) < 4.78 is 12.0. The first-order chi connectivity index (χ1) is 17.4. The van der Waals surface area contributed by atoms with Gasteiger partial charge in [-0.25, -0.2) is 0 Å². The van der Waals surface area contributed by atoms with Crippen LogP contribution in [0.2, 0.25) is 0 Å². The number of nitrogens with zero attached hydrogens (tertiary/aromatic N) is 1. The fourth-order valence-corrected chi connectivity index (χ4v) is 4.92. The Morgan fingerprint density at radius 2 is 1.81 bits per heavy atom. The van der Waals surface area contributed by atoms with Crippen LogP contribution in [0, 0.1) is 13.8 Å². The van der Waals surface area contributed by atoms with Crippen molar-refractivity contribution in [1.29, 1.82) is 0 Å². The lowest BCUT2D eigenvalue weighted by molar-refractivity contribution is -0.118. The van der Waals surface area contributed by atoms with Gasteiger partial charge in [0.2, 0.25) is 0 Å². The summed E-state index contributed by atoms with van der Waals surface area (Å²) in [5, 5.41) is 2.89. The molecule has 0 atom stereocenters. The van der Waals surface area contributed by atoms with E-state index in [4.69, 9.17) is 21.7 Å². The van der Waals surface area contributed by atoms with Crippen molar-refractivity contribution in [3.05, 3.63) is 88.3 Å². The largest absolute Gasteiger partial charge is 0.490 e. The van der Waals surface area contributed by atoms with E-state index in [0.29, 0.717) is 27.3 Å². The van der Waals surface area contributed by atoms with Crippen LogP contribution < -0.4 is 19.7 Å². The molecule has 0 unspecified atom stereocenters. The average Bonchev–Trinajstić information content (AvgIpc) is 3.14. The number of rotatable bonds is 8. The molecule has 1 fully saturated rings. The summed E-state index contributed by atoms with van der Waals surface area (Å²) in [5.74, 6) is 0.503. The van der Waals surface area contributed by atoms with Gasteiger partial charge in [0.05, 0.1) is 17.2 Å². The molecule has 0 radical (unpaired) electrons. The summed E-state index contributed by atoms with van der Waals surface area (Å²) in [6.07, 6.45) is 1.78. The Labute approximate surface area is 220 Å². The molecular weight excluding hydrogens is 492 g/mol. The number of benzene rings is 3. The third-order valence-corrected chi connectivity index (χ3v) is 6.70. The minimum Gasteiger partial charge on any atom is -0.490 e. The number of para-hydroxylation sites is 1. The monoisotopic (exact) mass is 518 g/mol. The summed E-state index contributed by atoms with van der Waals surface area (Å²) in [6, 6.07) is 20.6. The maximum Gasteiger partial charge on any atom is 0.270 e. The summed E-state index contributed by atoms with van der Waals surface area (Å²) in [6.45, 7) is 6.04. The van der Waals surface area contributed by atoms with Gasteiger partial charge in [-0.05, 0) is 73.9 Å². The van der Waals surface area contributed by atoms with Crippen molar-refractivity contribution in [1.82, 2.24) is 0 Å². The van der Waals surface area contributed by atoms with E-state index in [1.54, 1.807) is 18.2 Å². The van der Waals surface area contributed by atoms with Gasteiger partial charge in [0.15, 0.2) is 22.4 Å². The van der Waals surface area contributed by atoms with E-state index < -0.39 is 0 Å². The van der Waals surface area contributed by atoms with E-state index in [1.165, 1.54) is 16.7 Å². The number of thioether (sulfide) groups is 1. The molecule has 184 valence electrons. The van der Waals surface area contributed by atoms with Crippen LogP contribution in [0.15, 0.2) is 71.6 Å². The van der Waals surface area contributed by atoms with E-state index >= 15 is 0 Å². The van der Waals surface area contributed by atoms with Crippen LogP contribution in [0.5, 0.6) is 11.5 Å². The Bertz CT molecular complexity index is 1340. The number of ether oxygens (including phenoxy) is 2. The molecule has 0 saturated carbocycles. The third kappa shape index (κ3) is 5.95. The molecule has 2 amide bonds. The van der Waals surface area contributed by atoms with Crippen molar-refractivity contribution >= 4 is 57.6 Å². The Morgan fingerprint density at radius 1 is 1.03 bits per heavy atom. The first kappa shape index (κ1) is 25.5. The zero-order valence-electron chi connectivity index (χ0n) is 20.2. The first-order valence-corrected chi connectivity index (χ1v) is 12.7. The number of hydrogen-bond donors (Lipinski definition) is 1. The molecule has 0 aliphatic carbocycles. The quantitative estimate of drug-likeness (QED) is 0.286. The van der Waals surface area contributed by atoms with Crippen LogP contribution in [0.4, 0.5) is 11.4 Å². The number of anilines is 2. The zero-order valence-corrected chi connectivity index (χ0v) is 21.9. The molecule has 1 heterocycles. The molecule has 0 spiro atoms. The lowest BCUT2D eigenvalue weighted by Gasteiger charge is -2.14. The molecule has 1 N–H and O–H groups in total. The molecule has 0 bridgehead atoms. The number of carbonyl (C=O) groups is 2. The number of amides is 2. The molecule has 36 heavy (non-hydrogen) atoms. The fraction of sp³-hybridized carbons (Fsp3) is 0.179. The highest BCUT2D eigenvalue weighted by atomic mass is 32.2. The van der Waals surface area contributed by atoms with Gasteiger partial charge >= 0.3 is 0 Å². The summed E-state index contributed by atoms with van der Waals surface area (Å²) >= 11 is 6.70. The Kier molecular flexibility index (Phi) is 8.07. The number of nitrogens with one attached hydrogen (secondary N) is 1. The molecule has 4 rings (SSSR count). The van der Waals surface area contributed by atoms with E-state index in [9.17, 15) is 9.59 Å². The maximum absolute atomic E-state index is 13.0. The van der Waals surface area contributed by atoms with Crippen molar-refractivity contribution in [3.63, 3.8) is 0 Å².